The van der Waals surface area contributed by atoms with Crippen LogP contribution in [0, 0.1) is 0 Å². The summed E-state index contributed by atoms with van der Waals surface area (Å²) in [6.07, 6.45) is 3.48. The summed E-state index contributed by atoms with van der Waals surface area (Å²) in [5.41, 5.74) is 1.24. The van der Waals surface area contributed by atoms with Crippen molar-refractivity contribution >= 4 is 28.7 Å². The number of nitrogens with zero attached hydrogens (tertiary/aromatic N) is 4. The summed E-state index contributed by atoms with van der Waals surface area (Å²) in [5.74, 6) is -2.86. The summed E-state index contributed by atoms with van der Waals surface area (Å²) < 4.78 is 28.8. The molecule has 2 aromatic heterocycles. The highest BCUT2D eigenvalue weighted by atomic mass is 32.2. The van der Waals surface area contributed by atoms with Crippen LogP contribution in [0.4, 0.5) is 8.78 Å². The van der Waals surface area contributed by atoms with Crippen LogP contribution in [0.3, 0.4) is 0 Å². The maximum atomic E-state index is 12.8. The Bertz CT molecular complexity index is 849. The Kier molecular flexibility index (Phi) is 5.32. The Morgan fingerprint density at radius 2 is 2.12 bits per heavy atom. The topological polar surface area (TPSA) is 64.7 Å². The van der Waals surface area contributed by atoms with E-state index in [-0.39, 0.29) is 23.7 Å². The maximum Gasteiger partial charge on any atom is 0.291 e. The lowest BCUT2D eigenvalue weighted by atomic mass is 10.3. The van der Waals surface area contributed by atoms with Gasteiger partial charge in [0.25, 0.3) is 5.76 Å². The van der Waals surface area contributed by atoms with Crippen molar-refractivity contribution in [3.63, 3.8) is 0 Å². The molecule has 6 nitrogen and oxygen atoms in total. The van der Waals surface area contributed by atoms with E-state index in [4.69, 9.17) is 0 Å². The number of thioether (sulfide) groups is 1. The third-order valence-electron chi connectivity index (χ3n) is 3.54. The molecule has 3 rings (SSSR count). The Morgan fingerprint density at radius 3 is 2.84 bits per heavy atom. The fourth-order valence-electron chi connectivity index (χ4n) is 2.57. The summed E-state index contributed by atoms with van der Waals surface area (Å²) in [6, 6.07) is 8.73. The quantitative estimate of drug-likeness (QED) is 0.654. The lowest BCUT2D eigenvalue weighted by molar-refractivity contribution is -0.122. The minimum Gasteiger partial charge on any atom is -0.350 e. The second kappa shape index (κ2) is 7.64. The van der Waals surface area contributed by atoms with Crippen molar-refractivity contribution in [2.24, 2.45) is 0 Å². The highest BCUT2D eigenvalue weighted by Gasteiger charge is 2.18. The zero-order chi connectivity index (χ0) is 17.8. The number of alkyl halides is 2. The molecule has 0 saturated heterocycles. The van der Waals surface area contributed by atoms with Gasteiger partial charge in [0.15, 0.2) is 5.16 Å². The van der Waals surface area contributed by atoms with Gasteiger partial charge in [-0.05, 0) is 36.9 Å². The number of aromatic nitrogens is 4. The fraction of sp³-hybridized carbons (Fsp3) is 0.312. The Labute approximate surface area is 147 Å². The molecule has 1 amide bonds. The number of nitrogens with one attached hydrogen (secondary N) is 1. The summed E-state index contributed by atoms with van der Waals surface area (Å²) in [6.45, 7) is 2.32. The number of hydrogen-bond acceptors (Lipinski definition) is 4. The molecule has 0 unspecified atom stereocenters. The van der Waals surface area contributed by atoms with E-state index in [1.165, 1.54) is 4.57 Å². The molecule has 9 heteroatoms. The predicted octanol–water partition coefficient (Wildman–Crippen LogP) is 2.75. The first kappa shape index (κ1) is 17.4. The lowest BCUT2D eigenvalue weighted by Crippen LogP contribution is -2.37. The highest BCUT2D eigenvalue weighted by Crippen LogP contribution is 2.28. The normalized spacial score (nSPS) is 12.6. The van der Waals surface area contributed by atoms with Gasteiger partial charge in [0.2, 0.25) is 5.91 Å². The van der Waals surface area contributed by atoms with E-state index in [0.29, 0.717) is 29.3 Å². The molecule has 25 heavy (non-hydrogen) atoms. The minimum atomic E-state index is -2.60. The summed E-state index contributed by atoms with van der Waals surface area (Å²) in [4.78, 5) is 16.5. The Hall–Kier alpha value is -2.42. The molecule has 0 fully saturated rings. The van der Waals surface area contributed by atoms with E-state index in [9.17, 15) is 13.6 Å². The van der Waals surface area contributed by atoms with Crippen LogP contribution in [-0.4, -0.2) is 37.0 Å². The maximum absolute atomic E-state index is 12.8. The monoisotopic (exact) mass is 365 g/mol. The van der Waals surface area contributed by atoms with Crippen LogP contribution in [0.2, 0.25) is 0 Å². The van der Waals surface area contributed by atoms with Crippen molar-refractivity contribution in [3.05, 3.63) is 42.7 Å². The number of halogens is 2. The number of carbonyl (C=O) groups excluding carboxylic acids is 1. The lowest BCUT2D eigenvalue weighted by Gasteiger charge is -2.15. The molecular weight excluding hydrogens is 348 g/mol. The van der Waals surface area contributed by atoms with Crippen LogP contribution in [0.15, 0.2) is 47.9 Å². The van der Waals surface area contributed by atoms with E-state index in [2.05, 4.69) is 15.4 Å². The van der Waals surface area contributed by atoms with Gasteiger partial charge in [0, 0.05) is 18.4 Å². The first-order valence-electron chi connectivity index (χ1n) is 7.70. The first-order valence-corrected chi connectivity index (χ1v) is 8.58. The largest absolute Gasteiger partial charge is 0.350 e. The number of rotatable bonds is 7. The molecule has 1 N–H and O–H groups in total. The van der Waals surface area contributed by atoms with Crippen LogP contribution < -0.4 is 5.32 Å². The Balaban J connectivity index is 1.73. The van der Waals surface area contributed by atoms with E-state index >= 15 is 0 Å². The SMILES string of the molecule is C[C@H](Cn1cccn1)NC(=O)Cn1c(SC(F)F)nc2ccccc21. The average Bonchev–Trinajstić information content (AvgIpc) is 3.15. The predicted molar refractivity (Wildman–Crippen MR) is 91.4 cm³/mol. The van der Waals surface area contributed by atoms with E-state index in [0.717, 1.165) is 0 Å². The molecule has 0 aliphatic carbocycles. The van der Waals surface area contributed by atoms with Crippen molar-refractivity contribution in [2.75, 3.05) is 0 Å². The molecule has 0 spiro atoms. The molecule has 2 heterocycles. The molecule has 132 valence electrons. The molecule has 0 aliphatic rings. The van der Waals surface area contributed by atoms with Crippen LogP contribution in [0.1, 0.15) is 6.92 Å². The van der Waals surface area contributed by atoms with Gasteiger partial charge in [-0.3, -0.25) is 9.48 Å². The highest BCUT2D eigenvalue weighted by molar-refractivity contribution is 7.99. The van der Waals surface area contributed by atoms with Gasteiger partial charge in [0.05, 0.1) is 17.6 Å². The molecule has 0 saturated carbocycles. The third kappa shape index (κ3) is 4.36. The van der Waals surface area contributed by atoms with Gasteiger partial charge in [-0.2, -0.15) is 13.9 Å². The van der Waals surface area contributed by atoms with E-state index < -0.39 is 5.76 Å². The zero-order valence-corrected chi connectivity index (χ0v) is 14.3. The number of carbonyl (C=O) groups is 1. The molecule has 0 bridgehead atoms. The zero-order valence-electron chi connectivity index (χ0n) is 13.5. The number of benzene rings is 1. The van der Waals surface area contributed by atoms with E-state index in [1.807, 2.05) is 13.1 Å². The van der Waals surface area contributed by atoms with Gasteiger partial charge in [-0.1, -0.05) is 12.1 Å². The molecular formula is C16H17F2N5OS. The Morgan fingerprint density at radius 1 is 1.32 bits per heavy atom. The van der Waals surface area contributed by atoms with Crippen molar-refractivity contribution in [2.45, 2.75) is 37.0 Å². The summed E-state index contributed by atoms with van der Waals surface area (Å²) in [7, 11) is 0. The van der Waals surface area contributed by atoms with Crippen molar-refractivity contribution in [3.8, 4) is 0 Å². The second-order valence-corrected chi connectivity index (χ2v) is 6.50. The number of imidazole rings is 1. The number of hydrogen-bond donors (Lipinski definition) is 1. The summed E-state index contributed by atoms with van der Waals surface area (Å²) >= 11 is 0.340. The van der Waals surface area contributed by atoms with Gasteiger partial charge in [0.1, 0.15) is 6.54 Å². The summed E-state index contributed by atoms with van der Waals surface area (Å²) in [5, 5.41) is 7.08. The average molecular weight is 365 g/mol. The smallest absolute Gasteiger partial charge is 0.291 e. The molecule has 3 aromatic rings. The van der Waals surface area contributed by atoms with Crippen LogP contribution >= 0.6 is 11.8 Å². The minimum absolute atomic E-state index is 0.0704. The molecule has 1 atom stereocenters. The number of para-hydroxylation sites is 2. The van der Waals surface area contributed by atoms with Gasteiger partial charge in [-0.25, -0.2) is 4.98 Å². The fourth-order valence-corrected chi connectivity index (χ4v) is 3.18. The van der Waals surface area contributed by atoms with Crippen molar-refractivity contribution in [1.29, 1.82) is 0 Å². The number of fused-ring (bicyclic) bond motifs is 1. The van der Waals surface area contributed by atoms with Crippen molar-refractivity contribution in [1.82, 2.24) is 24.6 Å². The van der Waals surface area contributed by atoms with Crippen molar-refractivity contribution < 1.29 is 13.6 Å². The van der Waals surface area contributed by atoms with E-state index in [1.54, 1.807) is 41.2 Å². The van der Waals surface area contributed by atoms with Gasteiger partial charge < -0.3 is 9.88 Å². The molecule has 0 aliphatic heterocycles. The van der Waals surface area contributed by atoms with Gasteiger partial charge >= 0.3 is 0 Å². The van der Waals surface area contributed by atoms with Crippen LogP contribution in [0.25, 0.3) is 11.0 Å². The first-order chi connectivity index (χ1) is 12.0. The standard InChI is InChI=1S/C16H17F2N5OS/c1-11(9-22-8-4-7-19-22)20-14(24)10-23-13-6-3-2-5-12(13)21-16(23)25-15(17)18/h2-8,11,15H,9-10H2,1H3,(H,20,24)/t11-/m1/s1. The molecule has 0 radical (unpaired) electrons. The van der Waals surface area contributed by atoms with Crippen LogP contribution in [0.5, 0.6) is 0 Å². The van der Waals surface area contributed by atoms with Crippen LogP contribution in [-0.2, 0) is 17.9 Å². The number of amides is 1. The third-order valence-corrected chi connectivity index (χ3v) is 4.24. The second-order valence-electron chi connectivity index (χ2n) is 5.54. The van der Waals surface area contributed by atoms with Gasteiger partial charge in [-0.15, -0.1) is 0 Å². The molecule has 1 aromatic carbocycles.